The molecule has 1 amide bonds. The highest BCUT2D eigenvalue weighted by atomic mass is 35.5. The number of allylic oxidation sites excluding steroid dienone is 1. The Bertz CT molecular complexity index is 774. The largest absolute Gasteiger partial charge is 0.495 e. The lowest BCUT2D eigenvalue weighted by molar-refractivity contribution is -0.149. The first-order valence-corrected chi connectivity index (χ1v) is 7.95. The van der Waals surface area contributed by atoms with E-state index in [2.05, 4.69) is 5.32 Å². The van der Waals surface area contributed by atoms with Crippen molar-refractivity contribution in [2.75, 3.05) is 12.4 Å². The molecule has 1 atom stereocenters. The molecule has 0 radical (unpaired) electrons. The normalized spacial score (nSPS) is 11.8. The van der Waals surface area contributed by atoms with Crippen molar-refractivity contribution in [3.63, 3.8) is 0 Å². The van der Waals surface area contributed by atoms with Crippen molar-refractivity contribution in [3.05, 3.63) is 71.3 Å². The van der Waals surface area contributed by atoms with E-state index in [0.29, 0.717) is 22.0 Å². The molecule has 25 heavy (non-hydrogen) atoms. The summed E-state index contributed by atoms with van der Waals surface area (Å²) in [6.45, 7) is 1.69. The summed E-state index contributed by atoms with van der Waals surface area (Å²) in [6, 6.07) is 13.6. The van der Waals surface area contributed by atoms with Crippen molar-refractivity contribution < 1.29 is 19.1 Å². The maximum atomic E-state index is 12.6. The standard InChI is InChI=1S/C19H18ClNO4/c1-3-7-17(22)25-18(13-8-5-4-6-9-13)19(23)21-14-10-11-16(24-2)15(20)12-14/h3-12,18H,1-2H3,(H,21,23)/t18-/m1/s1. The third-order valence-corrected chi connectivity index (χ3v) is 3.59. The molecule has 0 aliphatic rings. The fraction of sp³-hybridized carbons (Fsp3) is 0.158. The summed E-state index contributed by atoms with van der Waals surface area (Å²) in [5.41, 5.74) is 1.04. The van der Waals surface area contributed by atoms with E-state index in [1.165, 1.54) is 13.2 Å². The van der Waals surface area contributed by atoms with Crippen molar-refractivity contribution in [3.8, 4) is 5.75 Å². The summed E-state index contributed by atoms with van der Waals surface area (Å²) >= 11 is 6.06. The summed E-state index contributed by atoms with van der Waals surface area (Å²) in [4.78, 5) is 24.4. The molecule has 0 aromatic heterocycles. The molecular weight excluding hydrogens is 342 g/mol. The van der Waals surface area contributed by atoms with Crippen LogP contribution >= 0.6 is 11.6 Å². The summed E-state index contributed by atoms with van der Waals surface area (Å²) in [5.74, 6) is -0.580. The van der Waals surface area contributed by atoms with Gasteiger partial charge in [0.2, 0.25) is 6.10 Å². The molecule has 6 heteroatoms. The Morgan fingerprint density at radius 1 is 1.16 bits per heavy atom. The molecule has 0 unspecified atom stereocenters. The number of carbonyl (C=O) groups excluding carboxylic acids is 2. The lowest BCUT2D eigenvalue weighted by Crippen LogP contribution is -2.25. The third-order valence-electron chi connectivity index (χ3n) is 3.30. The number of ether oxygens (including phenoxy) is 2. The lowest BCUT2D eigenvalue weighted by Gasteiger charge is -2.17. The van der Waals surface area contributed by atoms with Gasteiger partial charge in [0, 0.05) is 17.3 Å². The van der Waals surface area contributed by atoms with Crippen LogP contribution in [0.5, 0.6) is 5.75 Å². The van der Waals surface area contributed by atoms with Crippen LogP contribution in [0.2, 0.25) is 5.02 Å². The predicted octanol–water partition coefficient (Wildman–Crippen LogP) is 4.15. The van der Waals surface area contributed by atoms with E-state index < -0.39 is 18.0 Å². The van der Waals surface area contributed by atoms with Gasteiger partial charge in [0.25, 0.3) is 5.91 Å². The molecule has 0 aliphatic heterocycles. The van der Waals surface area contributed by atoms with Gasteiger partial charge in [-0.15, -0.1) is 0 Å². The molecular formula is C19H18ClNO4. The third kappa shape index (κ3) is 5.09. The van der Waals surface area contributed by atoms with Crippen LogP contribution in [0.25, 0.3) is 0 Å². The van der Waals surface area contributed by atoms with Crippen LogP contribution in [0.1, 0.15) is 18.6 Å². The highest BCUT2D eigenvalue weighted by Gasteiger charge is 2.24. The van der Waals surface area contributed by atoms with E-state index >= 15 is 0 Å². The maximum absolute atomic E-state index is 12.6. The first-order valence-electron chi connectivity index (χ1n) is 7.57. The van der Waals surface area contributed by atoms with E-state index in [9.17, 15) is 9.59 Å². The number of amides is 1. The topological polar surface area (TPSA) is 64.6 Å². The highest BCUT2D eigenvalue weighted by molar-refractivity contribution is 6.32. The van der Waals surface area contributed by atoms with Crippen LogP contribution in [0.3, 0.4) is 0 Å². The van der Waals surface area contributed by atoms with Crippen molar-refractivity contribution in [2.45, 2.75) is 13.0 Å². The Labute approximate surface area is 151 Å². The first kappa shape index (κ1) is 18.5. The van der Waals surface area contributed by atoms with Gasteiger partial charge in [-0.1, -0.05) is 48.0 Å². The molecule has 0 heterocycles. The number of anilines is 1. The number of esters is 1. The molecule has 1 N–H and O–H groups in total. The Morgan fingerprint density at radius 3 is 2.48 bits per heavy atom. The molecule has 0 saturated carbocycles. The quantitative estimate of drug-likeness (QED) is 0.621. The first-order chi connectivity index (χ1) is 12.0. The lowest BCUT2D eigenvalue weighted by atomic mass is 10.1. The molecule has 5 nitrogen and oxygen atoms in total. The average Bonchev–Trinajstić information content (AvgIpc) is 2.61. The summed E-state index contributed by atoms with van der Waals surface area (Å²) in [5, 5.41) is 3.06. The van der Waals surface area contributed by atoms with Gasteiger partial charge in [-0.25, -0.2) is 4.79 Å². The molecule has 0 bridgehead atoms. The van der Waals surface area contributed by atoms with E-state index in [1.807, 2.05) is 6.07 Å². The monoisotopic (exact) mass is 359 g/mol. The molecule has 0 spiro atoms. The molecule has 0 saturated heterocycles. The zero-order valence-corrected chi connectivity index (χ0v) is 14.6. The fourth-order valence-corrected chi connectivity index (χ4v) is 2.40. The van der Waals surface area contributed by atoms with Crippen LogP contribution < -0.4 is 10.1 Å². The van der Waals surface area contributed by atoms with Crippen LogP contribution in [0.4, 0.5) is 5.69 Å². The van der Waals surface area contributed by atoms with Crippen LogP contribution in [0, 0.1) is 0 Å². The molecule has 0 fully saturated rings. The number of nitrogens with one attached hydrogen (secondary N) is 1. The van der Waals surface area contributed by atoms with Crippen LogP contribution in [-0.4, -0.2) is 19.0 Å². The zero-order valence-electron chi connectivity index (χ0n) is 13.9. The summed E-state index contributed by atoms with van der Waals surface area (Å²) < 4.78 is 10.4. The molecule has 2 rings (SSSR count). The minimum Gasteiger partial charge on any atom is -0.495 e. The van der Waals surface area contributed by atoms with Crippen molar-refractivity contribution >= 4 is 29.2 Å². The van der Waals surface area contributed by atoms with Gasteiger partial charge in [0.1, 0.15) is 5.75 Å². The zero-order chi connectivity index (χ0) is 18.2. The van der Waals surface area contributed by atoms with Gasteiger partial charge in [-0.3, -0.25) is 4.79 Å². The van der Waals surface area contributed by atoms with Gasteiger partial charge in [0.15, 0.2) is 0 Å². The number of hydrogen-bond acceptors (Lipinski definition) is 4. The van der Waals surface area contributed by atoms with E-state index in [-0.39, 0.29) is 0 Å². The van der Waals surface area contributed by atoms with Crippen molar-refractivity contribution in [2.24, 2.45) is 0 Å². The summed E-state index contributed by atoms with van der Waals surface area (Å²) in [7, 11) is 1.51. The minimum absolute atomic E-state index is 0.363. The minimum atomic E-state index is -1.08. The van der Waals surface area contributed by atoms with Gasteiger partial charge < -0.3 is 14.8 Å². The number of rotatable bonds is 6. The van der Waals surface area contributed by atoms with E-state index in [0.717, 1.165) is 0 Å². The Morgan fingerprint density at radius 2 is 1.88 bits per heavy atom. The molecule has 2 aromatic carbocycles. The number of hydrogen-bond donors (Lipinski definition) is 1. The van der Waals surface area contributed by atoms with Gasteiger partial charge in [-0.05, 0) is 25.1 Å². The fourth-order valence-electron chi connectivity index (χ4n) is 2.14. The second-order valence-corrected chi connectivity index (χ2v) is 5.47. The Hall–Kier alpha value is -2.79. The second kappa shape index (κ2) is 8.89. The Kier molecular flexibility index (Phi) is 6.60. The van der Waals surface area contributed by atoms with Gasteiger partial charge in [0.05, 0.1) is 12.1 Å². The van der Waals surface area contributed by atoms with Gasteiger partial charge in [-0.2, -0.15) is 0 Å². The van der Waals surface area contributed by atoms with Crippen LogP contribution in [0.15, 0.2) is 60.7 Å². The highest BCUT2D eigenvalue weighted by Crippen LogP contribution is 2.28. The molecule has 0 aliphatic carbocycles. The van der Waals surface area contributed by atoms with Gasteiger partial charge >= 0.3 is 5.97 Å². The maximum Gasteiger partial charge on any atom is 0.331 e. The van der Waals surface area contributed by atoms with Crippen LogP contribution in [-0.2, 0) is 14.3 Å². The second-order valence-electron chi connectivity index (χ2n) is 5.07. The van der Waals surface area contributed by atoms with E-state index in [4.69, 9.17) is 21.1 Å². The molecule has 130 valence electrons. The van der Waals surface area contributed by atoms with E-state index in [1.54, 1.807) is 55.5 Å². The summed E-state index contributed by atoms with van der Waals surface area (Å²) in [6.07, 6.45) is 1.73. The average molecular weight is 360 g/mol. The SMILES string of the molecule is CC=CC(=O)O[C@@H](C(=O)Nc1ccc(OC)c(Cl)c1)c1ccccc1. The predicted molar refractivity (Wildman–Crippen MR) is 96.7 cm³/mol. The number of carbonyl (C=O) groups is 2. The van der Waals surface area contributed by atoms with Crippen molar-refractivity contribution in [1.29, 1.82) is 0 Å². The number of halogens is 1. The van der Waals surface area contributed by atoms with Crippen molar-refractivity contribution in [1.82, 2.24) is 0 Å². The Balaban J connectivity index is 2.23. The molecule has 2 aromatic rings. The smallest absolute Gasteiger partial charge is 0.331 e. The number of benzene rings is 2. The number of methoxy groups -OCH3 is 1.